The minimum Gasteiger partial charge on any atom is -0.444 e. The van der Waals surface area contributed by atoms with Gasteiger partial charge in [-0.25, -0.2) is 27.4 Å². The topological polar surface area (TPSA) is 79.4 Å². The van der Waals surface area contributed by atoms with Crippen molar-refractivity contribution in [2.75, 3.05) is 42.6 Å². The first-order valence-corrected chi connectivity index (χ1v) is 9.18. The maximum absolute atomic E-state index is 14.7. The molecule has 0 spiro atoms. The van der Waals surface area contributed by atoms with E-state index in [0.717, 1.165) is 22.1 Å². The van der Waals surface area contributed by atoms with Crippen LogP contribution in [0.3, 0.4) is 0 Å². The molecule has 30 heavy (non-hydrogen) atoms. The molecular weight excluding hydrogens is 414 g/mol. The Hall–Kier alpha value is -2.89. The Kier molecular flexibility index (Phi) is 6.75. The largest absolute Gasteiger partial charge is 0.444 e. The summed E-state index contributed by atoms with van der Waals surface area (Å²) in [6.07, 6.45) is -4.94. The van der Waals surface area contributed by atoms with Gasteiger partial charge in [0.05, 0.1) is 25.4 Å². The Bertz CT molecular complexity index is 802. The molecule has 0 aliphatic carbocycles. The highest BCUT2D eigenvalue weighted by atomic mass is 19.3. The van der Waals surface area contributed by atoms with Gasteiger partial charge in [0.25, 0.3) is 6.43 Å². The standard InChI is InChI=1S/C18H19F4N3O5/c19-13-7-11(25-9-12(30-18(25)28)1-2-15(27)17(21)22)8-14(20)16(13)23-3-4-24(10-26)29-6-5-23/h7-8,10,12,17H,1-6,9H2/t12-/m0/s1. The minimum atomic E-state index is -3.10. The van der Waals surface area contributed by atoms with Gasteiger partial charge in [0.1, 0.15) is 11.8 Å². The maximum Gasteiger partial charge on any atom is 0.414 e. The number of alkyl halides is 2. The van der Waals surface area contributed by atoms with Gasteiger partial charge in [-0.15, -0.1) is 0 Å². The van der Waals surface area contributed by atoms with Crippen LogP contribution in [0.1, 0.15) is 12.8 Å². The van der Waals surface area contributed by atoms with Crippen LogP contribution in [0.15, 0.2) is 12.1 Å². The molecule has 3 rings (SSSR count). The molecule has 2 amide bonds. The predicted molar refractivity (Wildman–Crippen MR) is 95.2 cm³/mol. The molecule has 0 aromatic heterocycles. The fourth-order valence-electron chi connectivity index (χ4n) is 3.28. The molecule has 0 bridgehead atoms. The van der Waals surface area contributed by atoms with E-state index in [9.17, 15) is 31.9 Å². The number of nitrogens with zero attached hydrogens (tertiary/aromatic N) is 3. The van der Waals surface area contributed by atoms with Crippen LogP contribution in [0.4, 0.5) is 33.7 Å². The van der Waals surface area contributed by atoms with E-state index in [2.05, 4.69) is 0 Å². The highest BCUT2D eigenvalue weighted by molar-refractivity contribution is 5.90. The highest BCUT2D eigenvalue weighted by Gasteiger charge is 2.34. The zero-order chi connectivity index (χ0) is 21.8. The Balaban J connectivity index is 1.71. The van der Waals surface area contributed by atoms with Gasteiger partial charge >= 0.3 is 6.09 Å². The molecule has 1 atom stereocenters. The van der Waals surface area contributed by atoms with E-state index >= 15 is 0 Å². The summed E-state index contributed by atoms with van der Waals surface area (Å²) < 4.78 is 59.0. The van der Waals surface area contributed by atoms with Gasteiger partial charge in [-0.2, -0.15) is 0 Å². The monoisotopic (exact) mass is 433 g/mol. The number of rotatable bonds is 7. The number of ether oxygens (including phenoxy) is 1. The third-order valence-electron chi connectivity index (χ3n) is 4.79. The number of hydrogen-bond acceptors (Lipinski definition) is 6. The van der Waals surface area contributed by atoms with Crippen LogP contribution in [0.25, 0.3) is 0 Å². The van der Waals surface area contributed by atoms with Crippen molar-refractivity contribution in [3.8, 4) is 0 Å². The van der Waals surface area contributed by atoms with Gasteiger partial charge < -0.3 is 9.64 Å². The van der Waals surface area contributed by atoms with Crippen LogP contribution in [0, 0.1) is 11.6 Å². The molecule has 1 aromatic carbocycles. The van der Waals surface area contributed by atoms with E-state index in [-0.39, 0.29) is 50.6 Å². The molecule has 1 aromatic rings. The van der Waals surface area contributed by atoms with Gasteiger partial charge in [0, 0.05) is 31.6 Å². The SMILES string of the molecule is O=CN1CCN(c2c(F)cc(N3C[C@H](CCC(=O)C(F)F)OC3=O)cc2F)CCO1. The average molecular weight is 433 g/mol. The lowest BCUT2D eigenvalue weighted by Crippen LogP contribution is -2.31. The summed E-state index contributed by atoms with van der Waals surface area (Å²) in [5.74, 6) is -3.11. The summed E-state index contributed by atoms with van der Waals surface area (Å²) in [7, 11) is 0. The zero-order valence-corrected chi connectivity index (χ0v) is 15.7. The maximum atomic E-state index is 14.7. The van der Waals surface area contributed by atoms with Gasteiger partial charge in [-0.1, -0.05) is 0 Å². The number of ketones is 1. The summed E-state index contributed by atoms with van der Waals surface area (Å²) in [6, 6.07) is 1.94. The number of benzene rings is 1. The van der Waals surface area contributed by atoms with Crippen molar-refractivity contribution < 1.29 is 41.5 Å². The van der Waals surface area contributed by atoms with Crippen molar-refractivity contribution in [2.24, 2.45) is 0 Å². The van der Waals surface area contributed by atoms with Crippen LogP contribution in [0.2, 0.25) is 0 Å². The third kappa shape index (κ3) is 4.81. The Morgan fingerprint density at radius 2 is 1.90 bits per heavy atom. The number of hydrogen-bond donors (Lipinski definition) is 0. The van der Waals surface area contributed by atoms with Crippen LogP contribution >= 0.6 is 0 Å². The van der Waals surface area contributed by atoms with Crippen molar-refractivity contribution >= 4 is 29.7 Å². The second kappa shape index (κ2) is 9.28. The number of hydroxylamine groups is 2. The predicted octanol–water partition coefficient (Wildman–Crippen LogP) is 2.11. The van der Waals surface area contributed by atoms with E-state index in [1.807, 2.05) is 0 Å². The zero-order valence-electron chi connectivity index (χ0n) is 15.7. The van der Waals surface area contributed by atoms with Gasteiger partial charge in [-0.3, -0.25) is 19.3 Å². The Labute approximate surface area is 168 Å². The van der Waals surface area contributed by atoms with E-state index in [1.165, 1.54) is 4.90 Å². The molecule has 2 aliphatic rings. The molecule has 0 saturated carbocycles. The van der Waals surface area contributed by atoms with Crippen LogP contribution in [-0.4, -0.2) is 68.7 Å². The molecule has 2 fully saturated rings. The van der Waals surface area contributed by atoms with Crippen molar-refractivity contribution in [3.05, 3.63) is 23.8 Å². The molecule has 0 radical (unpaired) electrons. The van der Waals surface area contributed by atoms with Crippen LogP contribution in [-0.2, 0) is 19.2 Å². The number of halogens is 4. The average Bonchev–Trinajstić information content (AvgIpc) is 2.91. The number of amides is 2. The van der Waals surface area contributed by atoms with Crippen molar-refractivity contribution in [1.82, 2.24) is 5.06 Å². The van der Waals surface area contributed by atoms with Gasteiger partial charge in [0.15, 0.2) is 17.4 Å². The summed E-state index contributed by atoms with van der Waals surface area (Å²) in [5.41, 5.74) is -0.413. The van der Waals surface area contributed by atoms with E-state index in [4.69, 9.17) is 9.57 Å². The molecule has 2 saturated heterocycles. The first-order chi connectivity index (χ1) is 14.3. The smallest absolute Gasteiger partial charge is 0.414 e. The number of cyclic esters (lactones) is 1. The van der Waals surface area contributed by atoms with E-state index in [1.54, 1.807) is 0 Å². The lowest BCUT2D eigenvalue weighted by Gasteiger charge is -2.24. The molecule has 0 N–H and O–H groups in total. The first kappa shape index (κ1) is 21.8. The molecular formula is C18H19F4N3O5. The van der Waals surface area contributed by atoms with Crippen LogP contribution < -0.4 is 9.80 Å². The molecule has 164 valence electrons. The van der Waals surface area contributed by atoms with Gasteiger partial charge in [-0.05, 0) is 6.42 Å². The second-order valence-corrected chi connectivity index (χ2v) is 6.75. The van der Waals surface area contributed by atoms with Crippen molar-refractivity contribution in [1.29, 1.82) is 0 Å². The lowest BCUT2D eigenvalue weighted by molar-refractivity contribution is -0.166. The van der Waals surface area contributed by atoms with Crippen molar-refractivity contribution in [2.45, 2.75) is 25.4 Å². The molecule has 2 aliphatic heterocycles. The summed E-state index contributed by atoms with van der Waals surface area (Å²) in [4.78, 5) is 41.3. The summed E-state index contributed by atoms with van der Waals surface area (Å²) >= 11 is 0. The number of carbonyl (C=O) groups is 3. The quantitative estimate of drug-likeness (QED) is 0.484. The second-order valence-electron chi connectivity index (χ2n) is 6.75. The molecule has 0 unspecified atom stereocenters. The fourth-order valence-corrected chi connectivity index (χ4v) is 3.28. The summed E-state index contributed by atoms with van der Waals surface area (Å²) in [6.45, 7) is 0.319. The molecule has 2 heterocycles. The number of carbonyl (C=O) groups excluding carboxylic acids is 3. The molecule has 8 nitrogen and oxygen atoms in total. The van der Waals surface area contributed by atoms with Gasteiger partial charge in [0.2, 0.25) is 6.41 Å². The Morgan fingerprint density at radius 1 is 1.20 bits per heavy atom. The Morgan fingerprint density at radius 3 is 2.53 bits per heavy atom. The lowest BCUT2D eigenvalue weighted by atomic mass is 10.1. The minimum absolute atomic E-state index is 0.0524. The fraction of sp³-hybridized carbons (Fsp3) is 0.500. The van der Waals surface area contributed by atoms with E-state index < -0.39 is 42.5 Å². The summed E-state index contributed by atoms with van der Waals surface area (Å²) in [5, 5.41) is 1.03. The normalized spacial score (nSPS) is 19.8. The van der Waals surface area contributed by atoms with Crippen LogP contribution in [0.5, 0.6) is 0 Å². The third-order valence-corrected chi connectivity index (χ3v) is 4.79. The van der Waals surface area contributed by atoms with E-state index in [0.29, 0.717) is 6.41 Å². The number of Topliss-reactive ketones (excluding diaryl/α,β-unsaturated/α-hetero) is 1. The molecule has 12 heteroatoms. The number of anilines is 2. The first-order valence-electron chi connectivity index (χ1n) is 9.18. The van der Waals surface area contributed by atoms with Crippen molar-refractivity contribution in [3.63, 3.8) is 0 Å². The highest BCUT2D eigenvalue weighted by Crippen LogP contribution is 2.32.